The van der Waals surface area contributed by atoms with E-state index in [0.717, 1.165) is 11.1 Å². The summed E-state index contributed by atoms with van der Waals surface area (Å²) in [5.41, 5.74) is 6.51. The molecule has 0 aliphatic heterocycles. The molecular formula is C12H19NO2. The minimum Gasteiger partial charge on any atom is -0.496 e. The lowest BCUT2D eigenvalue weighted by molar-refractivity contribution is 0.0325. The van der Waals surface area contributed by atoms with Crippen LogP contribution in [0.5, 0.6) is 5.75 Å². The van der Waals surface area contributed by atoms with Crippen molar-refractivity contribution >= 4 is 0 Å². The number of benzene rings is 1. The summed E-state index contributed by atoms with van der Waals surface area (Å²) in [4.78, 5) is 0. The highest BCUT2D eigenvalue weighted by Gasteiger charge is 2.30. The standard InChI is InChI=1S/C12H19NO2/c1-8-5-6-11(15-4)10(7-8)12(3,14)9(2)13/h5-7,9,14H,13H2,1-4H3. The molecule has 0 aliphatic rings. The van der Waals surface area contributed by atoms with Gasteiger partial charge in [0, 0.05) is 11.6 Å². The van der Waals surface area contributed by atoms with E-state index in [0.29, 0.717) is 5.75 Å². The minimum atomic E-state index is -1.07. The van der Waals surface area contributed by atoms with Gasteiger partial charge in [-0.2, -0.15) is 0 Å². The molecule has 0 bridgehead atoms. The zero-order valence-electron chi connectivity index (χ0n) is 9.74. The van der Waals surface area contributed by atoms with E-state index < -0.39 is 5.60 Å². The van der Waals surface area contributed by atoms with Gasteiger partial charge in [0.15, 0.2) is 0 Å². The number of hydrogen-bond acceptors (Lipinski definition) is 3. The van der Waals surface area contributed by atoms with E-state index in [1.54, 1.807) is 21.0 Å². The average Bonchev–Trinajstić information content (AvgIpc) is 2.17. The molecule has 0 amide bonds. The van der Waals surface area contributed by atoms with Crippen LogP contribution in [0.3, 0.4) is 0 Å². The molecule has 1 aromatic rings. The lowest BCUT2D eigenvalue weighted by Crippen LogP contribution is -2.41. The maximum absolute atomic E-state index is 10.3. The van der Waals surface area contributed by atoms with Gasteiger partial charge in [-0.05, 0) is 32.9 Å². The van der Waals surface area contributed by atoms with Crippen molar-refractivity contribution in [2.75, 3.05) is 7.11 Å². The predicted molar refractivity (Wildman–Crippen MR) is 61.0 cm³/mol. The van der Waals surface area contributed by atoms with Gasteiger partial charge >= 0.3 is 0 Å². The second kappa shape index (κ2) is 4.21. The lowest BCUT2D eigenvalue weighted by atomic mass is 9.88. The molecule has 1 rings (SSSR count). The molecule has 2 unspecified atom stereocenters. The molecule has 0 heterocycles. The number of aliphatic hydroxyl groups is 1. The maximum atomic E-state index is 10.3. The van der Waals surface area contributed by atoms with E-state index in [9.17, 15) is 5.11 Å². The minimum absolute atomic E-state index is 0.354. The van der Waals surface area contributed by atoms with Crippen LogP contribution in [-0.2, 0) is 5.60 Å². The topological polar surface area (TPSA) is 55.5 Å². The van der Waals surface area contributed by atoms with Crippen molar-refractivity contribution in [1.82, 2.24) is 0 Å². The number of rotatable bonds is 3. The van der Waals surface area contributed by atoms with Gasteiger partial charge in [0.1, 0.15) is 11.4 Å². The number of aryl methyl sites for hydroxylation is 1. The molecule has 0 aromatic heterocycles. The summed E-state index contributed by atoms with van der Waals surface area (Å²) in [5, 5.41) is 10.3. The van der Waals surface area contributed by atoms with E-state index in [1.807, 2.05) is 25.1 Å². The maximum Gasteiger partial charge on any atom is 0.125 e. The Morgan fingerprint density at radius 1 is 1.47 bits per heavy atom. The first-order valence-corrected chi connectivity index (χ1v) is 5.02. The Kier molecular flexibility index (Phi) is 3.37. The molecule has 84 valence electrons. The van der Waals surface area contributed by atoms with Crippen LogP contribution in [-0.4, -0.2) is 18.3 Å². The van der Waals surface area contributed by atoms with Crippen molar-refractivity contribution in [3.8, 4) is 5.75 Å². The summed E-state index contributed by atoms with van der Waals surface area (Å²) in [5.74, 6) is 0.669. The Balaban J connectivity index is 3.28. The van der Waals surface area contributed by atoms with Crippen molar-refractivity contribution in [3.05, 3.63) is 29.3 Å². The third-order valence-electron chi connectivity index (χ3n) is 2.79. The molecule has 1 aromatic carbocycles. The van der Waals surface area contributed by atoms with Gasteiger partial charge in [0.25, 0.3) is 0 Å². The number of methoxy groups -OCH3 is 1. The average molecular weight is 209 g/mol. The van der Waals surface area contributed by atoms with Crippen LogP contribution in [0.2, 0.25) is 0 Å². The van der Waals surface area contributed by atoms with Crippen molar-refractivity contribution in [3.63, 3.8) is 0 Å². The fraction of sp³-hybridized carbons (Fsp3) is 0.500. The van der Waals surface area contributed by atoms with Crippen LogP contribution >= 0.6 is 0 Å². The Labute approximate surface area is 90.9 Å². The normalized spacial score (nSPS) is 16.9. The SMILES string of the molecule is COc1ccc(C)cc1C(C)(O)C(C)N. The van der Waals surface area contributed by atoms with Crippen molar-refractivity contribution in [1.29, 1.82) is 0 Å². The lowest BCUT2D eigenvalue weighted by Gasteiger charge is -2.29. The summed E-state index contributed by atoms with van der Waals surface area (Å²) in [6.07, 6.45) is 0. The third kappa shape index (κ3) is 2.30. The number of ether oxygens (including phenoxy) is 1. The van der Waals surface area contributed by atoms with Crippen LogP contribution in [0.4, 0.5) is 0 Å². The summed E-state index contributed by atoms with van der Waals surface area (Å²) in [6, 6.07) is 5.34. The van der Waals surface area contributed by atoms with Gasteiger partial charge in [0.05, 0.1) is 7.11 Å². The summed E-state index contributed by atoms with van der Waals surface area (Å²) < 4.78 is 5.22. The first kappa shape index (κ1) is 12.0. The molecular weight excluding hydrogens is 190 g/mol. The largest absolute Gasteiger partial charge is 0.496 e. The molecule has 0 radical (unpaired) electrons. The predicted octanol–water partition coefficient (Wildman–Crippen LogP) is 1.56. The highest BCUT2D eigenvalue weighted by Crippen LogP contribution is 2.32. The zero-order valence-corrected chi connectivity index (χ0v) is 9.74. The van der Waals surface area contributed by atoms with E-state index in [1.165, 1.54) is 0 Å². The second-order valence-corrected chi connectivity index (χ2v) is 4.14. The van der Waals surface area contributed by atoms with Crippen LogP contribution in [0, 0.1) is 6.92 Å². The summed E-state index contributed by atoms with van der Waals surface area (Å²) in [6.45, 7) is 5.46. The third-order valence-corrected chi connectivity index (χ3v) is 2.79. The molecule has 15 heavy (non-hydrogen) atoms. The van der Waals surface area contributed by atoms with Crippen LogP contribution < -0.4 is 10.5 Å². The van der Waals surface area contributed by atoms with Gasteiger partial charge in [-0.3, -0.25) is 0 Å². The molecule has 0 aliphatic carbocycles. The Morgan fingerprint density at radius 2 is 2.07 bits per heavy atom. The second-order valence-electron chi connectivity index (χ2n) is 4.14. The number of nitrogens with two attached hydrogens (primary N) is 1. The van der Waals surface area contributed by atoms with E-state index in [2.05, 4.69) is 0 Å². The Hall–Kier alpha value is -1.06. The summed E-state index contributed by atoms with van der Waals surface area (Å²) in [7, 11) is 1.59. The Morgan fingerprint density at radius 3 is 2.53 bits per heavy atom. The molecule has 0 fully saturated rings. The van der Waals surface area contributed by atoms with Crippen molar-refractivity contribution < 1.29 is 9.84 Å². The quantitative estimate of drug-likeness (QED) is 0.794. The fourth-order valence-electron chi connectivity index (χ4n) is 1.46. The Bertz CT molecular complexity index is 345. The monoisotopic (exact) mass is 209 g/mol. The van der Waals surface area contributed by atoms with Crippen LogP contribution in [0.15, 0.2) is 18.2 Å². The zero-order chi connectivity index (χ0) is 11.6. The van der Waals surface area contributed by atoms with Gasteiger partial charge in [-0.25, -0.2) is 0 Å². The van der Waals surface area contributed by atoms with Gasteiger partial charge < -0.3 is 15.6 Å². The highest BCUT2D eigenvalue weighted by molar-refractivity contribution is 5.41. The van der Waals surface area contributed by atoms with Crippen molar-refractivity contribution in [2.45, 2.75) is 32.4 Å². The number of hydrogen-bond donors (Lipinski definition) is 2. The first-order valence-electron chi connectivity index (χ1n) is 5.02. The molecule has 3 nitrogen and oxygen atoms in total. The molecule has 0 saturated heterocycles. The molecule has 3 heteroatoms. The fourth-order valence-corrected chi connectivity index (χ4v) is 1.46. The van der Waals surface area contributed by atoms with E-state index >= 15 is 0 Å². The van der Waals surface area contributed by atoms with Gasteiger partial charge in [-0.1, -0.05) is 11.6 Å². The van der Waals surface area contributed by atoms with Gasteiger partial charge in [-0.15, -0.1) is 0 Å². The van der Waals surface area contributed by atoms with Crippen molar-refractivity contribution in [2.24, 2.45) is 5.73 Å². The van der Waals surface area contributed by atoms with E-state index in [-0.39, 0.29) is 6.04 Å². The van der Waals surface area contributed by atoms with E-state index in [4.69, 9.17) is 10.5 Å². The van der Waals surface area contributed by atoms with Crippen LogP contribution in [0.25, 0.3) is 0 Å². The molecule has 3 N–H and O–H groups in total. The molecule has 0 spiro atoms. The summed E-state index contributed by atoms with van der Waals surface area (Å²) >= 11 is 0. The molecule has 0 saturated carbocycles. The van der Waals surface area contributed by atoms with Crippen LogP contribution in [0.1, 0.15) is 25.0 Å². The smallest absolute Gasteiger partial charge is 0.125 e. The highest BCUT2D eigenvalue weighted by atomic mass is 16.5. The molecule has 2 atom stereocenters. The first-order chi connectivity index (χ1) is 6.89. The van der Waals surface area contributed by atoms with Gasteiger partial charge in [0.2, 0.25) is 0 Å².